The topological polar surface area (TPSA) is 117 Å². The number of aryl methyl sites for hydroxylation is 1. The van der Waals surface area contributed by atoms with Crippen molar-refractivity contribution in [3.8, 4) is 5.75 Å². The largest absolute Gasteiger partial charge is 0.497 e. The maximum atomic E-state index is 12.6. The number of fused-ring (bicyclic) bond motifs is 1. The molecular formula is C20H21N3O4. The van der Waals surface area contributed by atoms with Crippen LogP contribution in [0, 0.1) is 0 Å². The van der Waals surface area contributed by atoms with Crippen LogP contribution in [0.15, 0.2) is 42.5 Å². The van der Waals surface area contributed by atoms with E-state index in [9.17, 15) is 14.7 Å². The van der Waals surface area contributed by atoms with E-state index >= 15 is 0 Å². The summed E-state index contributed by atoms with van der Waals surface area (Å²) in [6.07, 6.45) is 1.19. The number of carbonyl (C=O) groups is 2. The number of methoxy groups -OCH3 is 1. The molecule has 1 aromatic heterocycles. The summed E-state index contributed by atoms with van der Waals surface area (Å²) >= 11 is 0. The van der Waals surface area contributed by atoms with Crippen molar-refractivity contribution in [1.82, 2.24) is 4.98 Å². The molecule has 5 N–H and O–H groups in total. The highest BCUT2D eigenvalue weighted by Crippen LogP contribution is 2.26. The van der Waals surface area contributed by atoms with Gasteiger partial charge in [-0.1, -0.05) is 6.07 Å². The van der Waals surface area contributed by atoms with Crippen LogP contribution in [0.5, 0.6) is 5.75 Å². The van der Waals surface area contributed by atoms with Crippen LogP contribution >= 0.6 is 0 Å². The van der Waals surface area contributed by atoms with E-state index in [4.69, 9.17) is 10.5 Å². The second-order valence-electron chi connectivity index (χ2n) is 6.12. The number of aromatic nitrogens is 1. The minimum Gasteiger partial charge on any atom is -0.497 e. The van der Waals surface area contributed by atoms with E-state index in [-0.39, 0.29) is 11.6 Å². The van der Waals surface area contributed by atoms with E-state index in [1.165, 1.54) is 0 Å². The molecule has 0 radical (unpaired) electrons. The van der Waals surface area contributed by atoms with E-state index in [2.05, 4.69) is 10.3 Å². The van der Waals surface area contributed by atoms with Crippen molar-refractivity contribution in [2.45, 2.75) is 12.8 Å². The Balaban J connectivity index is 1.94. The van der Waals surface area contributed by atoms with Crippen molar-refractivity contribution >= 4 is 28.5 Å². The molecule has 0 spiro atoms. The quantitative estimate of drug-likeness (QED) is 0.512. The average Bonchev–Trinajstić information content (AvgIpc) is 3.04. The Morgan fingerprint density at radius 2 is 2.04 bits per heavy atom. The molecule has 7 heteroatoms. The highest BCUT2D eigenvalue weighted by atomic mass is 16.5. The summed E-state index contributed by atoms with van der Waals surface area (Å²) < 4.78 is 5.16. The molecule has 7 nitrogen and oxygen atoms in total. The molecule has 0 unspecified atom stereocenters. The lowest BCUT2D eigenvalue weighted by atomic mass is 10.0. The first-order chi connectivity index (χ1) is 13.0. The minimum absolute atomic E-state index is 0.142. The summed E-state index contributed by atoms with van der Waals surface area (Å²) in [6, 6.07) is 12.2. The SMILES string of the molecule is COc1cccc(NC(=O)c2ccc3[nH]c(C(=O)O)c(CCCN)c3c2)c1. The van der Waals surface area contributed by atoms with Gasteiger partial charge in [-0.2, -0.15) is 0 Å². The molecule has 3 aromatic rings. The van der Waals surface area contributed by atoms with Crippen LogP contribution in [0.3, 0.4) is 0 Å². The first-order valence-electron chi connectivity index (χ1n) is 8.57. The van der Waals surface area contributed by atoms with Crippen LogP contribution < -0.4 is 15.8 Å². The number of aromatic amines is 1. The molecule has 0 aliphatic rings. The summed E-state index contributed by atoms with van der Waals surface area (Å²) in [5.41, 5.74) is 8.11. The van der Waals surface area contributed by atoms with Gasteiger partial charge < -0.3 is 25.9 Å². The number of nitrogens with one attached hydrogen (secondary N) is 2. The van der Waals surface area contributed by atoms with Crippen LogP contribution in [0.1, 0.15) is 32.8 Å². The van der Waals surface area contributed by atoms with Gasteiger partial charge in [-0.25, -0.2) is 4.79 Å². The molecular weight excluding hydrogens is 346 g/mol. The zero-order valence-electron chi connectivity index (χ0n) is 14.9. The van der Waals surface area contributed by atoms with Gasteiger partial charge in [0.1, 0.15) is 11.4 Å². The Morgan fingerprint density at radius 1 is 1.22 bits per heavy atom. The van der Waals surface area contributed by atoms with Crippen molar-refractivity contribution in [2.75, 3.05) is 19.0 Å². The number of rotatable bonds is 7. The maximum absolute atomic E-state index is 12.6. The van der Waals surface area contributed by atoms with Crippen molar-refractivity contribution in [2.24, 2.45) is 5.73 Å². The molecule has 140 valence electrons. The molecule has 1 heterocycles. The highest BCUT2D eigenvalue weighted by molar-refractivity contribution is 6.07. The minimum atomic E-state index is -1.03. The fourth-order valence-corrected chi connectivity index (χ4v) is 3.01. The van der Waals surface area contributed by atoms with Crippen LogP contribution in [0.25, 0.3) is 10.9 Å². The molecule has 0 bridgehead atoms. The Labute approximate surface area is 156 Å². The van der Waals surface area contributed by atoms with E-state index < -0.39 is 5.97 Å². The fourth-order valence-electron chi connectivity index (χ4n) is 3.01. The number of carboxylic acids is 1. The lowest BCUT2D eigenvalue weighted by Gasteiger charge is -2.08. The molecule has 1 amide bonds. The summed E-state index contributed by atoms with van der Waals surface area (Å²) in [4.78, 5) is 27.1. The molecule has 0 fully saturated rings. The summed E-state index contributed by atoms with van der Waals surface area (Å²) in [5.74, 6) is -0.669. The zero-order valence-corrected chi connectivity index (χ0v) is 14.9. The van der Waals surface area contributed by atoms with Crippen LogP contribution in [-0.4, -0.2) is 35.6 Å². The van der Waals surface area contributed by atoms with Gasteiger partial charge in [0.25, 0.3) is 5.91 Å². The number of nitrogens with two attached hydrogens (primary N) is 1. The van der Waals surface area contributed by atoms with Gasteiger partial charge in [-0.15, -0.1) is 0 Å². The highest BCUT2D eigenvalue weighted by Gasteiger charge is 2.18. The van der Waals surface area contributed by atoms with E-state index in [1.54, 1.807) is 49.6 Å². The second-order valence-corrected chi connectivity index (χ2v) is 6.12. The van der Waals surface area contributed by atoms with Gasteiger partial charge in [-0.3, -0.25) is 4.79 Å². The number of amides is 1. The predicted octanol–water partition coefficient (Wildman–Crippen LogP) is 3.02. The third kappa shape index (κ3) is 3.93. The first-order valence-corrected chi connectivity index (χ1v) is 8.57. The Bertz CT molecular complexity index is 994. The monoisotopic (exact) mass is 367 g/mol. The molecule has 0 atom stereocenters. The van der Waals surface area contributed by atoms with Gasteiger partial charge in [0, 0.05) is 28.2 Å². The smallest absolute Gasteiger partial charge is 0.352 e. The zero-order chi connectivity index (χ0) is 19.4. The van der Waals surface area contributed by atoms with Crippen molar-refractivity contribution in [3.63, 3.8) is 0 Å². The molecule has 3 rings (SSSR count). The Kier molecular flexibility index (Phi) is 5.42. The van der Waals surface area contributed by atoms with Gasteiger partial charge in [0.2, 0.25) is 0 Å². The van der Waals surface area contributed by atoms with Gasteiger partial charge in [0.05, 0.1) is 7.11 Å². The Morgan fingerprint density at radius 3 is 2.74 bits per heavy atom. The molecule has 0 aliphatic heterocycles. The number of hydrogen-bond donors (Lipinski definition) is 4. The summed E-state index contributed by atoms with van der Waals surface area (Å²) in [5, 5.41) is 13.0. The number of H-pyrrole nitrogens is 1. The number of carbonyl (C=O) groups excluding carboxylic acids is 1. The van der Waals surface area contributed by atoms with Gasteiger partial charge in [-0.05, 0) is 55.3 Å². The van der Waals surface area contributed by atoms with Crippen LogP contribution in [-0.2, 0) is 6.42 Å². The van der Waals surface area contributed by atoms with E-state index in [0.29, 0.717) is 47.5 Å². The third-order valence-corrected chi connectivity index (χ3v) is 4.34. The predicted molar refractivity (Wildman–Crippen MR) is 104 cm³/mol. The average molecular weight is 367 g/mol. The fraction of sp³-hybridized carbons (Fsp3) is 0.200. The number of carboxylic acid groups (broad SMARTS) is 1. The second kappa shape index (κ2) is 7.92. The van der Waals surface area contributed by atoms with E-state index in [1.807, 2.05) is 0 Å². The molecule has 0 saturated heterocycles. The summed E-state index contributed by atoms with van der Waals surface area (Å²) in [6.45, 7) is 0.460. The Hall–Kier alpha value is -3.32. The normalized spacial score (nSPS) is 10.7. The number of benzene rings is 2. The number of ether oxygens (including phenoxy) is 1. The van der Waals surface area contributed by atoms with Crippen molar-refractivity contribution in [3.05, 3.63) is 59.3 Å². The molecule has 0 saturated carbocycles. The van der Waals surface area contributed by atoms with Crippen molar-refractivity contribution < 1.29 is 19.4 Å². The lowest BCUT2D eigenvalue weighted by molar-refractivity contribution is 0.0690. The van der Waals surface area contributed by atoms with Gasteiger partial charge in [0.15, 0.2) is 0 Å². The van der Waals surface area contributed by atoms with Gasteiger partial charge >= 0.3 is 5.97 Å². The van der Waals surface area contributed by atoms with Crippen molar-refractivity contribution in [1.29, 1.82) is 0 Å². The van der Waals surface area contributed by atoms with Crippen LogP contribution in [0.4, 0.5) is 5.69 Å². The maximum Gasteiger partial charge on any atom is 0.352 e. The van der Waals surface area contributed by atoms with E-state index in [0.717, 1.165) is 5.39 Å². The molecule has 0 aliphatic carbocycles. The third-order valence-electron chi connectivity index (χ3n) is 4.34. The molecule has 2 aromatic carbocycles. The standard InChI is InChI=1S/C20H21N3O4/c1-27-14-5-2-4-13(11-14)22-19(24)12-7-8-17-16(10-12)15(6-3-9-21)18(23-17)20(25)26/h2,4-5,7-8,10-11,23H,3,6,9,21H2,1H3,(H,22,24)(H,25,26). The molecule has 27 heavy (non-hydrogen) atoms. The lowest BCUT2D eigenvalue weighted by Crippen LogP contribution is -2.11. The number of anilines is 1. The van der Waals surface area contributed by atoms with Crippen LogP contribution in [0.2, 0.25) is 0 Å². The summed E-state index contributed by atoms with van der Waals surface area (Å²) in [7, 11) is 1.56. The first kappa shape index (κ1) is 18.5. The number of aromatic carboxylic acids is 1. The number of hydrogen-bond acceptors (Lipinski definition) is 4.